The van der Waals surface area contributed by atoms with Gasteiger partial charge in [0, 0.05) is 31.3 Å². The summed E-state index contributed by atoms with van der Waals surface area (Å²) in [5, 5.41) is 11.0. The molecule has 1 heterocycles. The number of nitro groups is 1. The summed E-state index contributed by atoms with van der Waals surface area (Å²) in [6.07, 6.45) is 1.24. The highest BCUT2D eigenvalue weighted by atomic mass is 32.2. The van der Waals surface area contributed by atoms with Crippen molar-refractivity contribution in [2.75, 3.05) is 25.1 Å². The molecular weight excluding hydrogens is 401 g/mol. The number of ether oxygens (including phenoxy) is 1. The van der Waals surface area contributed by atoms with Crippen molar-refractivity contribution in [2.45, 2.75) is 30.7 Å². The summed E-state index contributed by atoms with van der Waals surface area (Å²) >= 11 is 0. The van der Waals surface area contributed by atoms with Gasteiger partial charge in [0.25, 0.3) is 5.69 Å². The number of hydrogen-bond acceptors (Lipinski definition) is 6. The molecule has 8 nitrogen and oxygen atoms in total. The van der Waals surface area contributed by atoms with Crippen molar-refractivity contribution >= 4 is 21.4 Å². The fraction of sp³-hybridized carbons (Fsp3) is 0.368. The summed E-state index contributed by atoms with van der Waals surface area (Å²) in [5.41, 5.74) is 0.991. The number of rotatable bonds is 6. The minimum atomic E-state index is -4.08. The van der Waals surface area contributed by atoms with E-state index in [9.17, 15) is 22.9 Å². The Hall–Kier alpha value is -2.72. The van der Waals surface area contributed by atoms with E-state index in [1.165, 1.54) is 25.3 Å². The first-order valence-electron chi connectivity index (χ1n) is 9.07. The SMILES string of the molecule is COc1ccc([N+](=O)[O-])cc1S(=O)(=O)NC1CCCN(c2cc(C)ccc2F)C1. The molecule has 0 aliphatic carbocycles. The van der Waals surface area contributed by atoms with Gasteiger partial charge < -0.3 is 9.64 Å². The molecule has 1 aliphatic rings. The highest BCUT2D eigenvalue weighted by Crippen LogP contribution is 2.29. The summed E-state index contributed by atoms with van der Waals surface area (Å²) in [7, 11) is -2.79. The number of nitrogens with one attached hydrogen (secondary N) is 1. The van der Waals surface area contributed by atoms with Crippen molar-refractivity contribution in [3.63, 3.8) is 0 Å². The van der Waals surface area contributed by atoms with Crippen LogP contribution >= 0.6 is 0 Å². The smallest absolute Gasteiger partial charge is 0.271 e. The van der Waals surface area contributed by atoms with Crippen molar-refractivity contribution in [3.8, 4) is 5.75 Å². The van der Waals surface area contributed by atoms with E-state index < -0.39 is 21.0 Å². The molecule has 1 N–H and O–H groups in total. The summed E-state index contributed by atoms with van der Waals surface area (Å²) < 4.78 is 47.7. The van der Waals surface area contributed by atoms with Gasteiger partial charge in [-0.15, -0.1) is 0 Å². The molecule has 3 rings (SSSR count). The van der Waals surface area contributed by atoms with E-state index in [0.29, 0.717) is 25.1 Å². The van der Waals surface area contributed by atoms with Gasteiger partial charge in [-0.1, -0.05) is 6.07 Å². The highest BCUT2D eigenvalue weighted by Gasteiger charge is 2.29. The van der Waals surface area contributed by atoms with Crippen LogP contribution in [0.25, 0.3) is 0 Å². The van der Waals surface area contributed by atoms with Crippen LogP contribution in [0.2, 0.25) is 0 Å². The van der Waals surface area contributed by atoms with Gasteiger partial charge >= 0.3 is 0 Å². The number of piperidine rings is 1. The van der Waals surface area contributed by atoms with Crippen LogP contribution in [0, 0.1) is 22.9 Å². The molecule has 10 heteroatoms. The monoisotopic (exact) mass is 423 g/mol. The van der Waals surface area contributed by atoms with Gasteiger partial charge in [-0.05, 0) is 43.5 Å². The molecule has 0 aromatic heterocycles. The van der Waals surface area contributed by atoms with E-state index >= 15 is 0 Å². The zero-order valence-corrected chi connectivity index (χ0v) is 16.9. The first-order chi connectivity index (χ1) is 13.7. The van der Waals surface area contributed by atoms with Crippen LogP contribution in [0.3, 0.4) is 0 Å². The molecule has 156 valence electrons. The van der Waals surface area contributed by atoms with Gasteiger partial charge in [-0.25, -0.2) is 17.5 Å². The number of anilines is 1. The van der Waals surface area contributed by atoms with Crippen LogP contribution in [0.4, 0.5) is 15.8 Å². The standard InChI is InChI=1S/C19H22FN3O5S/c1-13-5-7-16(20)17(10-13)22-9-3-4-14(12-22)21-29(26,27)19-11-15(23(24)25)6-8-18(19)28-2/h5-8,10-11,14,21H,3-4,9,12H2,1-2H3. The fourth-order valence-electron chi connectivity index (χ4n) is 3.43. The van der Waals surface area contributed by atoms with Gasteiger partial charge in [-0.2, -0.15) is 0 Å². The molecule has 2 aromatic carbocycles. The molecule has 0 bridgehead atoms. The van der Waals surface area contributed by atoms with Gasteiger partial charge in [0.15, 0.2) is 0 Å². The third-order valence-electron chi connectivity index (χ3n) is 4.83. The van der Waals surface area contributed by atoms with Crippen LogP contribution in [0.5, 0.6) is 5.75 Å². The van der Waals surface area contributed by atoms with Crippen molar-refractivity contribution in [3.05, 3.63) is 57.9 Å². The van der Waals surface area contributed by atoms with Gasteiger partial charge in [0.1, 0.15) is 16.5 Å². The Morgan fingerprint density at radius 2 is 2.03 bits per heavy atom. The van der Waals surface area contributed by atoms with E-state index in [-0.39, 0.29) is 28.7 Å². The molecule has 0 radical (unpaired) electrons. The fourth-order valence-corrected chi connectivity index (χ4v) is 4.88. The Morgan fingerprint density at radius 1 is 1.28 bits per heavy atom. The quantitative estimate of drug-likeness (QED) is 0.566. The second kappa shape index (κ2) is 8.34. The maximum atomic E-state index is 14.2. The lowest BCUT2D eigenvalue weighted by Gasteiger charge is -2.35. The molecule has 0 saturated carbocycles. The number of hydrogen-bond donors (Lipinski definition) is 1. The minimum Gasteiger partial charge on any atom is -0.495 e. The maximum Gasteiger partial charge on any atom is 0.271 e. The lowest BCUT2D eigenvalue weighted by molar-refractivity contribution is -0.385. The molecule has 1 atom stereocenters. The van der Waals surface area contributed by atoms with Gasteiger partial charge in [-0.3, -0.25) is 10.1 Å². The predicted octanol–water partition coefficient (Wildman–Crippen LogP) is 3.00. The summed E-state index contributed by atoms with van der Waals surface area (Å²) in [6.45, 7) is 2.76. The molecular formula is C19H22FN3O5S. The predicted molar refractivity (Wildman–Crippen MR) is 106 cm³/mol. The normalized spacial score (nSPS) is 17.2. The number of methoxy groups -OCH3 is 1. The number of nitrogens with zero attached hydrogens (tertiary/aromatic N) is 2. The van der Waals surface area contributed by atoms with Crippen molar-refractivity contribution in [2.24, 2.45) is 0 Å². The molecule has 2 aromatic rings. The van der Waals surface area contributed by atoms with E-state index in [4.69, 9.17) is 4.74 Å². The largest absolute Gasteiger partial charge is 0.495 e. The van der Waals surface area contributed by atoms with Crippen LogP contribution in [-0.2, 0) is 10.0 Å². The number of halogens is 1. The zero-order chi connectivity index (χ0) is 21.2. The van der Waals surface area contributed by atoms with Crippen LogP contribution in [0.1, 0.15) is 18.4 Å². The molecule has 1 fully saturated rings. The van der Waals surface area contributed by atoms with E-state index in [0.717, 1.165) is 11.6 Å². The summed E-state index contributed by atoms with van der Waals surface area (Å²) in [5.74, 6) is -0.347. The topological polar surface area (TPSA) is 102 Å². The second-order valence-electron chi connectivity index (χ2n) is 6.95. The lowest BCUT2D eigenvalue weighted by atomic mass is 10.1. The van der Waals surface area contributed by atoms with Crippen molar-refractivity contribution in [1.29, 1.82) is 0 Å². The van der Waals surface area contributed by atoms with Gasteiger partial charge in [0.2, 0.25) is 10.0 Å². The number of nitro benzene ring substituents is 1. The number of benzene rings is 2. The Morgan fingerprint density at radius 3 is 2.72 bits per heavy atom. The highest BCUT2D eigenvalue weighted by molar-refractivity contribution is 7.89. The van der Waals surface area contributed by atoms with Crippen LogP contribution in [0.15, 0.2) is 41.3 Å². The number of sulfonamides is 1. The first kappa shape index (κ1) is 21.0. The maximum absolute atomic E-state index is 14.2. The summed E-state index contributed by atoms with van der Waals surface area (Å²) in [6, 6.07) is 7.74. The molecule has 1 aliphatic heterocycles. The Kier molecular flexibility index (Phi) is 6.04. The molecule has 0 spiro atoms. The number of aryl methyl sites for hydroxylation is 1. The van der Waals surface area contributed by atoms with Gasteiger partial charge in [0.05, 0.1) is 17.7 Å². The lowest BCUT2D eigenvalue weighted by Crippen LogP contribution is -2.48. The zero-order valence-electron chi connectivity index (χ0n) is 16.1. The van der Waals surface area contributed by atoms with E-state index in [2.05, 4.69) is 4.72 Å². The minimum absolute atomic E-state index is 0.0143. The molecule has 0 amide bonds. The summed E-state index contributed by atoms with van der Waals surface area (Å²) in [4.78, 5) is 11.9. The van der Waals surface area contributed by atoms with Crippen molar-refractivity contribution < 1.29 is 22.5 Å². The van der Waals surface area contributed by atoms with E-state index in [1.807, 2.05) is 11.8 Å². The first-order valence-corrected chi connectivity index (χ1v) is 10.6. The molecule has 1 saturated heterocycles. The molecule has 1 unspecified atom stereocenters. The Bertz CT molecular complexity index is 1030. The molecule has 29 heavy (non-hydrogen) atoms. The van der Waals surface area contributed by atoms with Crippen molar-refractivity contribution in [1.82, 2.24) is 4.72 Å². The second-order valence-corrected chi connectivity index (χ2v) is 8.64. The third-order valence-corrected chi connectivity index (χ3v) is 6.37. The number of non-ortho nitro benzene ring substituents is 1. The van der Waals surface area contributed by atoms with Crippen LogP contribution < -0.4 is 14.4 Å². The van der Waals surface area contributed by atoms with Crippen LogP contribution in [-0.4, -0.2) is 39.6 Å². The Balaban J connectivity index is 1.84. The Labute approximate surface area is 168 Å². The average Bonchev–Trinajstić information content (AvgIpc) is 2.69. The third kappa shape index (κ3) is 4.65. The average molecular weight is 423 g/mol. The van der Waals surface area contributed by atoms with E-state index in [1.54, 1.807) is 12.1 Å².